The summed E-state index contributed by atoms with van der Waals surface area (Å²) < 4.78 is 13.8. The van der Waals surface area contributed by atoms with Crippen molar-refractivity contribution in [3.63, 3.8) is 0 Å². The van der Waals surface area contributed by atoms with Gasteiger partial charge < -0.3 is 5.73 Å². The van der Waals surface area contributed by atoms with Crippen LogP contribution in [-0.4, -0.2) is 11.5 Å². The van der Waals surface area contributed by atoms with Crippen LogP contribution in [0.25, 0.3) is 0 Å². The van der Waals surface area contributed by atoms with Gasteiger partial charge in [0, 0.05) is 23.3 Å². The smallest absolute Gasteiger partial charge is 0.191 e. The van der Waals surface area contributed by atoms with E-state index in [-0.39, 0.29) is 17.2 Å². The van der Waals surface area contributed by atoms with Crippen molar-refractivity contribution in [1.82, 2.24) is 0 Å². The van der Waals surface area contributed by atoms with E-state index in [4.69, 9.17) is 5.73 Å². The first-order valence-corrected chi connectivity index (χ1v) is 8.51. The minimum atomic E-state index is -1.68. The summed E-state index contributed by atoms with van der Waals surface area (Å²) in [6.45, 7) is 0. The Labute approximate surface area is 143 Å². The van der Waals surface area contributed by atoms with Crippen molar-refractivity contribution in [3.05, 3.63) is 58.6 Å². The summed E-state index contributed by atoms with van der Waals surface area (Å²) in [5.41, 5.74) is 5.96. The average molecular weight is 336 g/mol. The number of rotatable bonds is 1. The standard InChI is InChI=1S/C18H13FN4S/c19-12-3-1-2-11(6-12)16-15-8-24-5-4-13(15)14(7-20)17(23)18(16,9-21)10-22/h1-4,6,15-16H,5,8,23H2/t15-,16-/m1/s1. The number of nitrogens with two attached hydrogens (primary N) is 1. The van der Waals surface area contributed by atoms with E-state index in [1.54, 1.807) is 23.9 Å². The lowest BCUT2D eigenvalue weighted by Crippen LogP contribution is -2.43. The maximum atomic E-state index is 13.8. The molecule has 24 heavy (non-hydrogen) atoms. The van der Waals surface area contributed by atoms with Crippen LogP contribution in [0.4, 0.5) is 4.39 Å². The van der Waals surface area contributed by atoms with Crippen molar-refractivity contribution in [2.75, 3.05) is 11.5 Å². The second-order valence-electron chi connectivity index (χ2n) is 5.77. The molecule has 1 aliphatic heterocycles. The van der Waals surface area contributed by atoms with Gasteiger partial charge in [0.05, 0.1) is 23.4 Å². The number of thioether (sulfide) groups is 1. The summed E-state index contributed by atoms with van der Waals surface area (Å²) in [6, 6.07) is 12.0. The number of nitrogens with zero attached hydrogens (tertiary/aromatic N) is 3. The third-order valence-electron chi connectivity index (χ3n) is 4.64. The minimum absolute atomic E-state index is 0.0290. The van der Waals surface area contributed by atoms with Gasteiger partial charge in [0.15, 0.2) is 5.41 Å². The predicted octanol–water partition coefficient (Wildman–Crippen LogP) is 2.98. The molecule has 0 saturated heterocycles. The Morgan fingerprint density at radius 3 is 2.62 bits per heavy atom. The van der Waals surface area contributed by atoms with Gasteiger partial charge in [-0.05, 0) is 23.3 Å². The highest BCUT2D eigenvalue weighted by Gasteiger charge is 2.53. The lowest BCUT2D eigenvalue weighted by atomic mass is 9.59. The average Bonchev–Trinajstić information content (AvgIpc) is 2.61. The molecule has 118 valence electrons. The van der Waals surface area contributed by atoms with Crippen LogP contribution in [0.1, 0.15) is 11.5 Å². The maximum absolute atomic E-state index is 13.8. The van der Waals surface area contributed by atoms with Gasteiger partial charge in [-0.3, -0.25) is 0 Å². The first-order valence-electron chi connectivity index (χ1n) is 7.35. The number of benzene rings is 1. The third kappa shape index (κ3) is 2.18. The Morgan fingerprint density at radius 2 is 2.00 bits per heavy atom. The van der Waals surface area contributed by atoms with E-state index in [0.717, 1.165) is 11.3 Å². The second kappa shape index (κ2) is 6.04. The van der Waals surface area contributed by atoms with Gasteiger partial charge in [-0.2, -0.15) is 27.5 Å². The van der Waals surface area contributed by atoms with Crippen molar-refractivity contribution in [1.29, 1.82) is 15.8 Å². The van der Waals surface area contributed by atoms with Crippen LogP contribution in [0.2, 0.25) is 0 Å². The number of hydrogen-bond donors (Lipinski definition) is 1. The van der Waals surface area contributed by atoms with Crippen molar-refractivity contribution in [3.8, 4) is 18.2 Å². The van der Waals surface area contributed by atoms with Gasteiger partial charge in [-0.25, -0.2) is 4.39 Å². The maximum Gasteiger partial charge on any atom is 0.191 e. The third-order valence-corrected chi connectivity index (χ3v) is 5.64. The molecule has 0 spiro atoms. The van der Waals surface area contributed by atoms with E-state index >= 15 is 0 Å². The number of fused-ring (bicyclic) bond motifs is 1. The molecule has 0 aromatic heterocycles. The molecule has 0 saturated carbocycles. The number of nitriles is 3. The summed E-state index contributed by atoms with van der Waals surface area (Å²) in [7, 11) is 0. The Hall–Kier alpha value is -2.75. The first kappa shape index (κ1) is 16.1. The van der Waals surface area contributed by atoms with Gasteiger partial charge in [0.25, 0.3) is 0 Å². The summed E-state index contributed by atoms with van der Waals surface area (Å²) >= 11 is 1.66. The normalized spacial score (nSPS) is 24.8. The summed E-state index contributed by atoms with van der Waals surface area (Å²) in [6.07, 6.45) is 1.93. The van der Waals surface area contributed by atoms with Crippen LogP contribution in [0.5, 0.6) is 0 Å². The van der Waals surface area contributed by atoms with Crippen LogP contribution in [0.3, 0.4) is 0 Å². The van der Waals surface area contributed by atoms with Crippen LogP contribution >= 0.6 is 11.8 Å². The van der Waals surface area contributed by atoms with Gasteiger partial charge in [-0.15, -0.1) is 0 Å². The van der Waals surface area contributed by atoms with Crippen molar-refractivity contribution in [2.24, 2.45) is 17.1 Å². The molecule has 1 aromatic rings. The highest BCUT2D eigenvalue weighted by atomic mass is 32.2. The Bertz CT molecular complexity index is 868. The van der Waals surface area contributed by atoms with Crippen molar-refractivity contribution < 1.29 is 4.39 Å². The summed E-state index contributed by atoms with van der Waals surface area (Å²) in [5.74, 6) is 0.120. The second-order valence-corrected chi connectivity index (χ2v) is 6.84. The summed E-state index contributed by atoms with van der Waals surface area (Å²) in [4.78, 5) is 0. The number of halogens is 1. The molecule has 1 heterocycles. The highest BCUT2D eigenvalue weighted by Crippen LogP contribution is 2.54. The van der Waals surface area contributed by atoms with Crippen LogP contribution in [0.15, 0.2) is 47.2 Å². The molecule has 3 rings (SSSR count). The molecule has 1 aromatic carbocycles. The van der Waals surface area contributed by atoms with Gasteiger partial charge >= 0.3 is 0 Å². The van der Waals surface area contributed by atoms with E-state index in [9.17, 15) is 20.2 Å². The fourth-order valence-electron chi connectivity index (χ4n) is 3.56. The summed E-state index contributed by atoms with van der Waals surface area (Å²) in [5, 5.41) is 29.1. The largest absolute Gasteiger partial charge is 0.399 e. The zero-order valence-electron chi connectivity index (χ0n) is 12.7. The van der Waals surface area contributed by atoms with Crippen molar-refractivity contribution >= 4 is 11.8 Å². The molecular weight excluding hydrogens is 323 g/mol. The van der Waals surface area contributed by atoms with Gasteiger partial charge in [-0.1, -0.05) is 18.2 Å². The number of allylic oxidation sites excluding steroid dienone is 3. The van der Waals surface area contributed by atoms with Gasteiger partial charge in [0.2, 0.25) is 0 Å². The molecule has 0 unspecified atom stereocenters. The van der Waals surface area contributed by atoms with E-state index < -0.39 is 17.2 Å². The number of hydrogen-bond acceptors (Lipinski definition) is 5. The fraction of sp³-hybridized carbons (Fsp3) is 0.278. The quantitative estimate of drug-likeness (QED) is 0.850. The van der Waals surface area contributed by atoms with Crippen molar-refractivity contribution in [2.45, 2.75) is 5.92 Å². The molecule has 4 nitrogen and oxygen atoms in total. The molecule has 0 amide bonds. The molecule has 1 aliphatic carbocycles. The Kier molecular flexibility index (Phi) is 4.06. The fourth-order valence-corrected chi connectivity index (χ4v) is 4.62. The Balaban J connectivity index is 2.34. The first-order chi connectivity index (χ1) is 11.6. The lowest BCUT2D eigenvalue weighted by molar-refractivity contribution is 0.367. The minimum Gasteiger partial charge on any atom is -0.399 e. The highest BCUT2D eigenvalue weighted by molar-refractivity contribution is 7.99. The molecule has 6 heteroatoms. The zero-order chi connectivity index (χ0) is 17.3. The van der Waals surface area contributed by atoms with Crippen LogP contribution < -0.4 is 5.73 Å². The van der Waals surface area contributed by atoms with Crippen LogP contribution in [0, 0.1) is 51.1 Å². The van der Waals surface area contributed by atoms with E-state index in [0.29, 0.717) is 11.3 Å². The lowest BCUT2D eigenvalue weighted by Gasteiger charge is -2.43. The van der Waals surface area contributed by atoms with E-state index in [1.807, 2.05) is 18.2 Å². The molecule has 0 fully saturated rings. The van der Waals surface area contributed by atoms with E-state index in [1.165, 1.54) is 12.1 Å². The van der Waals surface area contributed by atoms with Gasteiger partial charge in [0.1, 0.15) is 11.9 Å². The molecule has 0 radical (unpaired) electrons. The molecule has 2 aliphatic rings. The molecule has 2 N–H and O–H groups in total. The SMILES string of the molecule is N#CC1=C(N)C(C#N)(C#N)[C@H](c2cccc(F)c2)[C@@H]2CSCC=C12. The topological polar surface area (TPSA) is 97.4 Å². The monoisotopic (exact) mass is 336 g/mol. The predicted molar refractivity (Wildman–Crippen MR) is 88.5 cm³/mol. The Morgan fingerprint density at radius 1 is 1.25 bits per heavy atom. The zero-order valence-corrected chi connectivity index (χ0v) is 13.5. The molecule has 0 bridgehead atoms. The molecular formula is C18H13FN4S. The van der Waals surface area contributed by atoms with E-state index in [2.05, 4.69) is 6.07 Å². The van der Waals surface area contributed by atoms with Crippen LogP contribution in [-0.2, 0) is 0 Å². The molecule has 2 atom stereocenters.